The van der Waals surface area contributed by atoms with Crippen molar-refractivity contribution in [2.45, 2.75) is 13.5 Å². The highest BCUT2D eigenvalue weighted by Crippen LogP contribution is 2.36. The molecule has 0 aliphatic carbocycles. The number of sulfone groups is 1. The molecule has 0 saturated heterocycles. The zero-order chi connectivity index (χ0) is 15.2. The Labute approximate surface area is 125 Å². The number of halogens is 1. The number of nitrogens with one attached hydrogen (secondary N) is 1. The van der Waals surface area contributed by atoms with Gasteiger partial charge in [-0.15, -0.1) is 0 Å². The fraction of sp³-hybridized carbons (Fsp3) is 0.538. The van der Waals surface area contributed by atoms with Crippen LogP contribution in [0.2, 0.25) is 5.02 Å². The zero-order valence-electron chi connectivity index (χ0n) is 11.9. The minimum absolute atomic E-state index is 0.0431. The maximum absolute atomic E-state index is 11.1. The van der Waals surface area contributed by atoms with E-state index >= 15 is 0 Å². The number of hydrogen-bond donors (Lipinski definition) is 1. The normalized spacial score (nSPS) is 11.4. The smallest absolute Gasteiger partial charge is 0.179 e. The Morgan fingerprint density at radius 2 is 2.05 bits per heavy atom. The Balaban J connectivity index is 2.84. The zero-order valence-corrected chi connectivity index (χ0v) is 13.5. The van der Waals surface area contributed by atoms with Crippen LogP contribution in [0.5, 0.6) is 11.5 Å². The summed E-state index contributed by atoms with van der Waals surface area (Å²) in [6.45, 7) is 3.59. The van der Waals surface area contributed by atoms with Crippen molar-refractivity contribution in [1.29, 1.82) is 0 Å². The van der Waals surface area contributed by atoms with E-state index in [0.29, 0.717) is 23.1 Å². The summed E-state index contributed by atoms with van der Waals surface area (Å²) in [6, 6.07) is 3.60. The molecular formula is C13H20ClNO4S. The molecule has 0 unspecified atom stereocenters. The van der Waals surface area contributed by atoms with Gasteiger partial charge in [0, 0.05) is 12.8 Å². The summed E-state index contributed by atoms with van der Waals surface area (Å²) in [5, 5.41) is 3.60. The van der Waals surface area contributed by atoms with Crippen LogP contribution in [0.3, 0.4) is 0 Å². The molecule has 5 nitrogen and oxygen atoms in total. The van der Waals surface area contributed by atoms with Gasteiger partial charge in [-0.05, 0) is 24.2 Å². The van der Waals surface area contributed by atoms with E-state index in [4.69, 9.17) is 21.1 Å². The van der Waals surface area contributed by atoms with E-state index in [1.54, 1.807) is 6.07 Å². The van der Waals surface area contributed by atoms with Crippen LogP contribution in [0, 0.1) is 0 Å². The minimum Gasteiger partial charge on any atom is -0.493 e. The monoisotopic (exact) mass is 321 g/mol. The van der Waals surface area contributed by atoms with E-state index in [1.807, 2.05) is 13.0 Å². The molecule has 0 bridgehead atoms. The van der Waals surface area contributed by atoms with Gasteiger partial charge in [0.15, 0.2) is 21.3 Å². The van der Waals surface area contributed by atoms with Gasteiger partial charge in [0.2, 0.25) is 0 Å². The summed E-state index contributed by atoms with van der Waals surface area (Å²) >= 11 is 6.16. The van der Waals surface area contributed by atoms with Crippen LogP contribution in [0.25, 0.3) is 0 Å². The van der Waals surface area contributed by atoms with Gasteiger partial charge < -0.3 is 14.8 Å². The first-order valence-electron chi connectivity index (χ1n) is 6.25. The Bertz CT molecular complexity index is 546. The fourth-order valence-corrected chi connectivity index (χ4v) is 2.25. The third-order valence-electron chi connectivity index (χ3n) is 2.57. The average Bonchev–Trinajstić information content (AvgIpc) is 2.36. The second-order valence-electron chi connectivity index (χ2n) is 4.37. The molecule has 0 spiro atoms. The molecular weight excluding hydrogens is 302 g/mol. The van der Waals surface area contributed by atoms with Gasteiger partial charge in [0.25, 0.3) is 0 Å². The Hall–Kier alpha value is -0.980. The van der Waals surface area contributed by atoms with E-state index < -0.39 is 9.84 Å². The molecule has 20 heavy (non-hydrogen) atoms. The van der Waals surface area contributed by atoms with Gasteiger partial charge in [0.1, 0.15) is 6.61 Å². The van der Waals surface area contributed by atoms with Crippen molar-refractivity contribution in [2.24, 2.45) is 0 Å². The maximum Gasteiger partial charge on any atom is 0.179 e. The van der Waals surface area contributed by atoms with Crippen LogP contribution >= 0.6 is 11.6 Å². The largest absolute Gasteiger partial charge is 0.493 e. The van der Waals surface area contributed by atoms with Crippen molar-refractivity contribution in [1.82, 2.24) is 5.32 Å². The summed E-state index contributed by atoms with van der Waals surface area (Å²) in [4.78, 5) is 0. The summed E-state index contributed by atoms with van der Waals surface area (Å²) in [6.07, 6.45) is 1.16. The molecule has 1 rings (SSSR count). The fourth-order valence-electron chi connectivity index (χ4n) is 1.58. The standard InChI is InChI=1S/C13H20ClNO4S/c1-4-15-9-10-7-11(14)13(12(8-10)18-2)19-5-6-20(3,16)17/h7-8,15H,4-6,9H2,1-3H3. The van der Waals surface area contributed by atoms with Crippen LogP contribution in [0.1, 0.15) is 12.5 Å². The summed E-state index contributed by atoms with van der Waals surface area (Å²) in [5.41, 5.74) is 0.976. The average molecular weight is 322 g/mol. The van der Waals surface area contributed by atoms with Crippen LogP contribution in [0.4, 0.5) is 0 Å². The van der Waals surface area contributed by atoms with Crippen molar-refractivity contribution in [3.05, 3.63) is 22.7 Å². The molecule has 1 N–H and O–H groups in total. The Morgan fingerprint density at radius 1 is 1.35 bits per heavy atom. The molecule has 1 aromatic rings. The lowest BCUT2D eigenvalue weighted by Crippen LogP contribution is -2.14. The van der Waals surface area contributed by atoms with Crippen LogP contribution in [0.15, 0.2) is 12.1 Å². The van der Waals surface area contributed by atoms with Gasteiger partial charge in [-0.1, -0.05) is 18.5 Å². The number of rotatable bonds is 8. The molecule has 0 aromatic heterocycles. The van der Waals surface area contributed by atoms with E-state index in [-0.39, 0.29) is 12.4 Å². The third kappa shape index (κ3) is 5.56. The van der Waals surface area contributed by atoms with Gasteiger partial charge in [0.05, 0.1) is 17.9 Å². The Morgan fingerprint density at radius 3 is 2.60 bits per heavy atom. The van der Waals surface area contributed by atoms with Gasteiger partial charge >= 0.3 is 0 Å². The number of ether oxygens (including phenoxy) is 2. The molecule has 1 aromatic carbocycles. The van der Waals surface area contributed by atoms with Gasteiger partial charge in [-0.25, -0.2) is 8.42 Å². The van der Waals surface area contributed by atoms with E-state index in [1.165, 1.54) is 7.11 Å². The van der Waals surface area contributed by atoms with Gasteiger partial charge in [-0.3, -0.25) is 0 Å². The summed E-state index contributed by atoms with van der Waals surface area (Å²) < 4.78 is 32.8. The number of benzene rings is 1. The van der Waals surface area contributed by atoms with Crippen LogP contribution < -0.4 is 14.8 Å². The maximum atomic E-state index is 11.1. The quantitative estimate of drug-likeness (QED) is 0.792. The van der Waals surface area contributed by atoms with Crippen LogP contribution in [-0.4, -0.2) is 40.7 Å². The predicted molar refractivity (Wildman–Crippen MR) is 80.6 cm³/mol. The van der Waals surface area contributed by atoms with Crippen molar-refractivity contribution >= 4 is 21.4 Å². The molecule has 114 valence electrons. The highest BCUT2D eigenvalue weighted by atomic mass is 35.5. The highest BCUT2D eigenvalue weighted by Gasteiger charge is 2.13. The topological polar surface area (TPSA) is 64.6 Å². The summed E-state index contributed by atoms with van der Waals surface area (Å²) in [7, 11) is -1.55. The number of hydrogen-bond acceptors (Lipinski definition) is 5. The van der Waals surface area contributed by atoms with Crippen molar-refractivity contribution in [3.8, 4) is 11.5 Å². The molecule has 7 heteroatoms. The van der Waals surface area contributed by atoms with E-state index in [2.05, 4.69) is 5.32 Å². The minimum atomic E-state index is -3.07. The van der Waals surface area contributed by atoms with Crippen molar-refractivity contribution in [2.75, 3.05) is 32.3 Å². The third-order valence-corrected chi connectivity index (χ3v) is 3.76. The van der Waals surface area contributed by atoms with Crippen molar-refractivity contribution in [3.63, 3.8) is 0 Å². The van der Waals surface area contributed by atoms with Crippen molar-refractivity contribution < 1.29 is 17.9 Å². The number of methoxy groups -OCH3 is 1. The first kappa shape index (κ1) is 17.1. The lowest BCUT2D eigenvalue weighted by molar-refractivity contribution is 0.311. The van der Waals surface area contributed by atoms with E-state index in [0.717, 1.165) is 18.4 Å². The second kappa shape index (κ2) is 7.71. The molecule has 0 saturated carbocycles. The molecule has 0 aliphatic heterocycles. The summed E-state index contributed by atoms with van der Waals surface area (Å²) in [5.74, 6) is 0.808. The van der Waals surface area contributed by atoms with Crippen LogP contribution in [-0.2, 0) is 16.4 Å². The Kier molecular flexibility index (Phi) is 6.58. The molecule has 0 atom stereocenters. The SMILES string of the molecule is CCNCc1cc(Cl)c(OCCS(C)(=O)=O)c(OC)c1. The second-order valence-corrected chi connectivity index (χ2v) is 7.03. The molecule has 0 amide bonds. The molecule has 0 fully saturated rings. The molecule has 0 radical (unpaired) electrons. The van der Waals surface area contributed by atoms with E-state index in [9.17, 15) is 8.42 Å². The lowest BCUT2D eigenvalue weighted by atomic mass is 10.2. The molecule has 0 aliphatic rings. The first-order valence-corrected chi connectivity index (χ1v) is 8.69. The first-order chi connectivity index (χ1) is 9.37. The predicted octanol–water partition coefficient (Wildman–Crippen LogP) is 1.88. The highest BCUT2D eigenvalue weighted by molar-refractivity contribution is 7.90. The molecule has 0 heterocycles. The lowest BCUT2D eigenvalue weighted by Gasteiger charge is -2.14. The van der Waals surface area contributed by atoms with Gasteiger partial charge in [-0.2, -0.15) is 0 Å².